The zero-order valence-electron chi connectivity index (χ0n) is 14.2. The molecule has 0 unspecified atom stereocenters. The van der Waals surface area contributed by atoms with Crippen LogP contribution >= 0.6 is 0 Å². The van der Waals surface area contributed by atoms with Crippen LogP contribution in [0.2, 0.25) is 0 Å². The Morgan fingerprint density at radius 2 is 1.55 bits per heavy atom. The molecule has 22 heavy (non-hydrogen) atoms. The second-order valence-corrected chi connectivity index (χ2v) is 5.83. The first-order valence-electron chi connectivity index (χ1n) is 7.95. The number of benzene rings is 2. The molecule has 2 rings (SSSR count). The fourth-order valence-corrected chi connectivity index (χ4v) is 3.14. The van der Waals surface area contributed by atoms with Crippen molar-refractivity contribution in [2.75, 3.05) is 13.1 Å². The van der Waals surface area contributed by atoms with E-state index in [4.69, 9.17) is 0 Å². The summed E-state index contributed by atoms with van der Waals surface area (Å²) in [6.45, 7) is 11.9. The van der Waals surface area contributed by atoms with E-state index in [-0.39, 0.29) is 5.91 Å². The van der Waals surface area contributed by atoms with E-state index in [1.54, 1.807) is 0 Å². The number of hydrogen-bond acceptors (Lipinski definition) is 1. The van der Waals surface area contributed by atoms with Gasteiger partial charge in [0.05, 0.1) is 0 Å². The molecule has 2 heteroatoms. The molecule has 0 N–H and O–H groups in total. The Morgan fingerprint density at radius 3 is 2.09 bits per heavy atom. The molecule has 0 atom stereocenters. The summed E-state index contributed by atoms with van der Waals surface area (Å²) in [6.07, 6.45) is 0. The van der Waals surface area contributed by atoms with Crippen LogP contribution in [0.5, 0.6) is 0 Å². The summed E-state index contributed by atoms with van der Waals surface area (Å²) < 4.78 is 0. The minimum atomic E-state index is 0.106. The SMILES string of the molecule is CCN(CC)C(=O)c1cccc(-c2c(C)cc(C)cc2C)c1. The second-order valence-electron chi connectivity index (χ2n) is 5.83. The van der Waals surface area contributed by atoms with Gasteiger partial charge in [-0.3, -0.25) is 4.79 Å². The predicted octanol–water partition coefficient (Wildman–Crippen LogP) is 4.76. The molecule has 0 heterocycles. The summed E-state index contributed by atoms with van der Waals surface area (Å²) in [7, 11) is 0. The normalized spacial score (nSPS) is 10.6. The molecule has 2 aromatic rings. The van der Waals surface area contributed by atoms with Gasteiger partial charge in [-0.25, -0.2) is 0 Å². The maximum absolute atomic E-state index is 12.5. The van der Waals surface area contributed by atoms with Crippen LogP contribution in [0, 0.1) is 20.8 Å². The van der Waals surface area contributed by atoms with Crippen molar-refractivity contribution in [3.8, 4) is 11.1 Å². The van der Waals surface area contributed by atoms with Crippen LogP contribution < -0.4 is 0 Å². The molecule has 116 valence electrons. The summed E-state index contributed by atoms with van der Waals surface area (Å²) in [4.78, 5) is 14.4. The Balaban J connectivity index is 2.48. The molecule has 0 fully saturated rings. The molecule has 2 nitrogen and oxygen atoms in total. The molecule has 0 aliphatic carbocycles. The van der Waals surface area contributed by atoms with Crippen LogP contribution in [-0.4, -0.2) is 23.9 Å². The summed E-state index contributed by atoms with van der Waals surface area (Å²) in [5, 5.41) is 0. The molecular weight excluding hydrogens is 270 g/mol. The van der Waals surface area contributed by atoms with Gasteiger partial charge in [-0.2, -0.15) is 0 Å². The lowest BCUT2D eigenvalue weighted by molar-refractivity contribution is 0.0773. The average Bonchev–Trinajstić information content (AvgIpc) is 2.47. The highest BCUT2D eigenvalue weighted by Crippen LogP contribution is 2.29. The van der Waals surface area contributed by atoms with Crippen molar-refractivity contribution >= 4 is 5.91 Å². The van der Waals surface area contributed by atoms with E-state index in [1.807, 2.05) is 36.9 Å². The van der Waals surface area contributed by atoms with E-state index in [0.29, 0.717) is 0 Å². The first-order chi connectivity index (χ1) is 10.5. The van der Waals surface area contributed by atoms with Crippen LogP contribution in [0.15, 0.2) is 36.4 Å². The molecule has 0 aliphatic heterocycles. The molecule has 0 saturated carbocycles. The highest BCUT2D eigenvalue weighted by Gasteiger charge is 2.14. The van der Waals surface area contributed by atoms with E-state index >= 15 is 0 Å². The van der Waals surface area contributed by atoms with Gasteiger partial charge in [-0.15, -0.1) is 0 Å². The van der Waals surface area contributed by atoms with Crippen LogP contribution in [0.1, 0.15) is 40.9 Å². The number of aryl methyl sites for hydroxylation is 3. The zero-order valence-corrected chi connectivity index (χ0v) is 14.2. The average molecular weight is 295 g/mol. The maximum Gasteiger partial charge on any atom is 0.253 e. The number of carbonyl (C=O) groups is 1. The Bertz CT molecular complexity index is 661. The predicted molar refractivity (Wildman–Crippen MR) is 93.3 cm³/mol. The van der Waals surface area contributed by atoms with Gasteiger partial charge < -0.3 is 4.90 Å². The van der Waals surface area contributed by atoms with Crippen molar-refractivity contribution in [1.82, 2.24) is 4.90 Å². The van der Waals surface area contributed by atoms with Gasteiger partial charge in [-0.1, -0.05) is 29.8 Å². The Labute approximate surface area is 133 Å². The van der Waals surface area contributed by atoms with Crippen LogP contribution in [0.25, 0.3) is 11.1 Å². The number of amides is 1. The van der Waals surface area contributed by atoms with Crippen molar-refractivity contribution in [2.45, 2.75) is 34.6 Å². The van der Waals surface area contributed by atoms with Gasteiger partial charge in [0.1, 0.15) is 0 Å². The van der Waals surface area contributed by atoms with Crippen molar-refractivity contribution in [3.63, 3.8) is 0 Å². The van der Waals surface area contributed by atoms with Crippen molar-refractivity contribution in [3.05, 3.63) is 58.7 Å². The van der Waals surface area contributed by atoms with Gasteiger partial charge in [0.25, 0.3) is 5.91 Å². The number of carbonyl (C=O) groups excluding carboxylic acids is 1. The summed E-state index contributed by atoms with van der Waals surface area (Å²) in [5.41, 5.74) is 6.90. The molecule has 0 spiro atoms. The lowest BCUT2D eigenvalue weighted by Crippen LogP contribution is -2.30. The van der Waals surface area contributed by atoms with E-state index in [1.165, 1.54) is 22.3 Å². The summed E-state index contributed by atoms with van der Waals surface area (Å²) in [5.74, 6) is 0.106. The van der Waals surface area contributed by atoms with Crippen molar-refractivity contribution < 1.29 is 4.79 Å². The summed E-state index contributed by atoms with van der Waals surface area (Å²) >= 11 is 0. The molecule has 0 saturated heterocycles. The molecule has 0 bridgehead atoms. The third-order valence-corrected chi connectivity index (χ3v) is 4.13. The topological polar surface area (TPSA) is 20.3 Å². The van der Waals surface area contributed by atoms with Crippen LogP contribution in [-0.2, 0) is 0 Å². The zero-order chi connectivity index (χ0) is 16.3. The smallest absolute Gasteiger partial charge is 0.253 e. The highest BCUT2D eigenvalue weighted by molar-refractivity contribution is 5.95. The number of nitrogens with zero attached hydrogens (tertiary/aromatic N) is 1. The largest absolute Gasteiger partial charge is 0.339 e. The van der Waals surface area contributed by atoms with Gasteiger partial charge in [0.2, 0.25) is 0 Å². The Kier molecular flexibility index (Phi) is 5.02. The van der Waals surface area contributed by atoms with Gasteiger partial charge in [0.15, 0.2) is 0 Å². The third kappa shape index (κ3) is 3.22. The Hall–Kier alpha value is -2.09. The number of rotatable bonds is 4. The number of hydrogen-bond donors (Lipinski definition) is 0. The quantitative estimate of drug-likeness (QED) is 0.796. The minimum absolute atomic E-state index is 0.106. The molecule has 0 aliphatic rings. The van der Waals surface area contributed by atoms with E-state index in [0.717, 1.165) is 24.2 Å². The fourth-order valence-electron chi connectivity index (χ4n) is 3.14. The lowest BCUT2D eigenvalue weighted by atomic mass is 9.93. The second kappa shape index (κ2) is 6.78. The van der Waals surface area contributed by atoms with Crippen molar-refractivity contribution in [2.24, 2.45) is 0 Å². The van der Waals surface area contributed by atoms with Crippen LogP contribution in [0.3, 0.4) is 0 Å². The minimum Gasteiger partial charge on any atom is -0.339 e. The molecule has 0 aromatic heterocycles. The summed E-state index contributed by atoms with van der Waals surface area (Å²) in [6, 6.07) is 12.4. The molecule has 0 radical (unpaired) electrons. The van der Waals surface area contributed by atoms with E-state index < -0.39 is 0 Å². The van der Waals surface area contributed by atoms with Gasteiger partial charge >= 0.3 is 0 Å². The third-order valence-electron chi connectivity index (χ3n) is 4.13. The maximum atomic E-state index is 12.5. The van der Waals surface area contributed by atoms with Gasteiger partial charge in [-0.05, 0) is 69.0 Å². The van der Waals surface area contributed by atoms with Gasteiger partial charge in [0, 0.05) is 18.7 Å². The van der Waals surface area contributed by atoms with E-state index in [9.17, 15) is 4.79 Å². The van der Waals surface area contributed by atoms with Crippen LogP contribution in [0.4, 0.5) is 0 Å². The Morgan fingerprint density at radius 1 is 0.955 bits per heavy atom. The fraction of sp³-hybridized carbons (Fsp3) is 0.350. The standard InChI is InChI=1S/C20H25NO/c1-6-21(7-2)20(22)18-10-8-9-17(13-18)19-15(4)11-14(3)12-16(19)5/h8-13H,6-7H2,1-5H3. The lowest BCUT2D eigenvalue weighted by Gasteiger charge is -2.19. The molecule has 1 amide bonds. The first-order valence-corrected chi connectivity index (χ1v) is 7.95. The van der Waals surface area contributed by atoms with E-state index in [2.05, 4.69) is 39.0 Å². The van der Waals surface area contributed by atoms with Crippen molar-refractivity contribution in [1.29, 1.82) is 0 Å². The monoisotopic (exact) mass is 295 g/mol. The molecule has 2 aromatic carbocycles. The highest BCUT2D eigenvalue weighted by atomic mass is 16.2. The first kappa shape index (κ1) is 16.3. The molecular formula is C20H25NO.